The number of methoxy groups -OCH3 is 1. The Bertz CT molecular complexity index is 337. The van der Waals surface area contributed by atoms with Crippen LogP contribution in [0.4, 0.5) is 8.78 Å². The van der Waals surface area contributed by atoms with Gasteiger partial charge in [0.1, 0.15) is 11.6 Å². The highest BCUT2D eigenvalue weighted by molar-refractivity contribution is 5.24. The van der Waals surface area contributed by atoms with Crippen LogP contribution in [0.25, 0.3) is 0 Å². The lowest BCUT2D eigenvalue weighted by molar-refractivity contribution is 0.0804. The van der Waals surface area contributed by atoms with E-state index >= 15 is 0 Å². The van der Waals surface area contributed by atoms with Gasteiger partial charge < -0.3 is 10.1 Å². The van der Waals surface area contributed by atoms with Gasteiger partial charge in [0.05, 0.1) is 12.1 Å². The van der Waals surface area contributed by atoms with Crippen LogP contribution in [0.15, 0.2) is 18.2 Å². The van der Waals surface area contributed by atoms with Gasteiger partial charge in [0.2, 0.25) is 0 Å². The molecule has 96 valence electrons. The van der Waals surface area contributed by atoms with Crippen LogP contribution in [0.3, 0.4) is 0 Å². The van der Waals surface area contributed by atoms with Crippen molar-refractivity contribution in [3.05, 3.63) is 35.4 Å². The number of hydrogen-bond donors (Lipinski definition) is 1. The standard InChI is InChI=1S/C13H19F2NO/c1-4-8-16-13(9(2)17-3)12-10(14)6-5-7-11(12)15/h5-7,9,13,16H,4,8H2,1-3H3. The molecule has 17 heavy (non-hydrogen) atoms. The molecule has 0 radical (unpaired) electrons. The molecule has 0 amide bonds. The van der Waals surface area contributed by atoms with E-state index < -0.39 is 17.7 Å². The molecule has 0 heterocycles. The summed E-state index contributed by atoms with van der Waals surface area (Å²) >= 11 is 0. The highest BCUT2D eigenvalue weighted by Gasteiger charge is 2.24. The Balaban J connectivity index is 3.03. The van der Waals surface area contributed by atoms with Crippen molar-refractivity contribution in [2.45, 2.75) is 32.4 Å². The molecule has 0 saturated heterocycles. The lowest BCUT2D eigenvalue weighted by Crippen LogP contribution is -2.33. The van der Waals surface area contributed by atoms with Crippen molar-refractivity contribution in [3.63, 3.8) is 0 Å². The fourth-order valence-electron chi connectivity index (χ4n) is 1.75. The largest absolute Gasteiger partial charge is 0.380 e. The SMILES string of the molecule is CCCNC(c1c(F)cccc1F)C(C)OC. The summed E-state index contributed by atoms with van der Waals surface area (Å²) in [5.74, 6) is -1.08. The minimum atomic E-state index is -0.539. The number of halogens is 2. The second kappa shape index (κ2) is 6.67. The molecule has 0 spiro atoms. The summed E-state index contributed by atoms with van der Waals surface area (Å²) in [4.78, 5) is 0. The Hall–Kier alpha value is -1.00. The van der Waals surface area contributed by atoms with Gasteiger partial charge in [-0.1, -0.05) is 13.0 Å². The van der Waals surface area contributed by atoms with Crippen LogP contribution in [0.5, 0.6) is 0 Å². The number of nitrogens with one attached hydrogen (secondary N) is 1. The summed E-state index contributed by atoms with van der Waals surface area (Å²) in [5.41, 5.74) is 0.0512. The topological polar surface area (TPSA) is 21.3 Å². The van der Waals surface area contributed by atoms with E-state index in [1.165, 1.54) is 25.3 Å². The highest BCUT2D eigenvalue weighted by Crippen LogP contribution is 2.24. The molecule has 2 atom stereocenters. The molecule has 0 aliphatic carbocycles. The molecule has 0 aromatic heterocycles. The second-order valence-electron chi connectivity index (χ2n) is 4.01. The smallest absolute Gasteiger partial charge is 0.131 e. The van der Waals surface area contributed by atoms with Gasteiger partial charge in [0.15, 0.2) is 0 Å². The van der Waals surface area contributed by atoms with Crippen molar-refractivity contribution < 1.29 is 13.5 Å². The third-order valence-electron chi connectivity index (χ3n) is 2.77. The Morgan fingerprint density at radius 2 is 1.88 bits per heavy atom. The minimum absolute atomic E-state index is 0.0512. The van der Waals surface area contributed by atoms with Crippen molar-refractivity contribution in [2.24, 2.45) is 0 Å². The Kier molecular flexibility index (Phi) is 5.51. The molecule has 0 saturated carbocycles. The zero-order chi connectivity index (χ0) is 12.8. The maximum absolute atomic E-state index is 13.7. The normalized spacial score (nSPS) is 14.6. The molecule has 2 nitrogen and oxygen atoms in total. The molecule has 1 rings (SSSR count). The lowest BCUT2D eigenvalue weighted by atomic mass is 10.0. The Labute approximate surface area is 101 Å². The molecule has 0 fully saturated rings. The fourth-order valence-corrected chi connectivity index (χ4v) is 1.75. The molecule has 2 unspecified atom stereocenters. The van der Waals surface area contributed by atoms with E-state index in [-0.39, 0.29) is 11.7 Å². The van der Waals surface area contributed by atoms with E-state index in [0.717, 1.165) is 6.42 Å². The van der Waals surface area contributed by atoms with Crippen LogP contribution >= 0.6 is 0 Å². The molecule has 0 aliphatic heterocycles. The summed E-state index contributed by atoms with van der Waals surface area (Å²) in [6, 6.07) is 3.42. The van der Waals surface area contributed by atoms with Gasteiger partial charge in [-0.15, -0.1) is 0 Å². The molecule has 1 aromatic rings. The van der Waals surface area contributed by atoms with Crippen LogP contribution in [-0.2, 0) is 4.74 Å². The van der Waals surface area contributed by atoms with E-state index in [0.29, 0.717) is 6.54 Å². The first-order valence-corrected chi connectivity index (χ1v) is 5.81. The number of ether oxygens (including phenoxy) is 1. The van der Waals surface area contributed by atoms with Crippen molar-refractivity contribution >= 4 is 0 Å². The third-order valence-corrected chi connectivity index (χ3v) is 2.77. The first-order chi connectivity index (χ1) is 8.11. The second-order valence-corrected chi connectivity index (χ2v) is 4.01. The number of hydrogen-bond acceptors (Lipinski definition) is 2. The van der Waals surface area contributed by atoms with Gasteiger partial charge in [-0.05, 0) is 32.0 Å². The quantitative estimate of drug-likeness (QED) is 0.829. The van der Waals surface area contributed by atoms with Gasteiger partial charge in [0.25, 0.3) is 0 Å². The van der Waals surface area contributed by atoms with Crippen molar-refractivity contribution in [3.8, 4) is 0 Å². The molecule has 0 bridgehead atoms. The van der Waals surface area contributed by atoms with Crippen LogP contribution in [0, 0.1) is 11.6 Å². The predicted molar refractivity (Wildman–Crippen MR) is 63.9 cm³/mol. The van der Waals surface area contributed by atoms with Crippen molar-refractivity contribution in [1.29, 1.82) is 0 Å². The maximum atomic E-state index is 13.7. The zero-order valence-corrected chi connectivity index (χ0v) is 10.5. The molecule has 1 aromatic carbocycles. The van der Waals surface area contributed by atoms with Crippen LogP contribution in [0.1, 0.15) is 31.9 Å². The maximum Gasteiger partial charge on any atom is 0.131 e. The van der Waals surface area contributed by atoms with Crippen LogP contribution < -0.4 is 5.32 Å². The number of rotatable bonds is 6. The fraction of sp³-hybridized carbons (Fsp3) is 0.538. The van der Waals surface area contributed by atoms with Crippen molar-refractivity contribution in [2.75, 3.05) is 13.7 Å². The Morgan fingerprint density at radius 1 is 1.29 bits per heavy atom. The first kappa shape index (κ1) is 14.1. The van der Waals surface area contributed by atoms with Gasteiger partial charge >= 0.3 is 0 Å². The summed E-state index contributed by atoms with van der Waals surface area (Å²) in [6.07, 6.45) is 0.594. The summed E-state index contributed by atoms with van der Waals surface area (Å²) in [7, 11) is 1.53. The summed E-state index contributed by atoms with van der Waals surface area (Å²) in [5, 5.41) is 3.11. The third kappa shape index (κ3) is 3.48. The minimum Gasteiger partial charge on any atom is -0.380 e. The predicted octanol–water partition coefficient (Wildman–Crippen LogP) is 3.04. The van der Waals surface area contributed by atoms with E-state index in [9.17, 15) is 8.78 Å². The van der Waals surface area contributed by atoms with E-state index in [1.54, 1.807) is 6.92 Å². The summed E-state index contributed by atoms with van der Waals surface area (Å²) < 4.78 is 32.6. The average molecular weight is 243 g/mol. The summed E-state index contributed by atoms with van der Waals surface area (Å²) in [6.45, 7) is 4.48. The van der Waals surface area contributed by atoms with Gasteiger partial charge in [0, 0.05) is 12.7 Å². The van der Waals surface area contributed by atoms with Crippen LogP contribution in [-0.4, -0.2) is 19.8 Å². The molecule has 4 heteroatoms. The monoisotopic (exact) mass is 243 g/mol. The highest BCUT2D eigenvalue weighted by atomic mass is 19.1. The number of benzene rings is 1. The first-order valence-electron chi connectivity index (χ1n) is 5.81. The zero-order valence-electron chi connectivity index (χ0n) is 10.5. The van der Waals surface area contributed by atoms with Crippen LogP contribution in [0.2, 0.25) is 0 Å². The Morgan fingerprint density at radius 3 is 2.35 bits per heavy atom. The van der Waals surface area contributed by atoms with Gasteiger partial charge in [-0.25, -0.2) is 8.78 Å². The van der Waals surface area contributed by atoms with E-state index in [2.05, 4.69) is 5.32 Å². The lowest BCUT2D eigenvalue weighted by Gasteiger charge is -2.25. The molecule has 1 N–H and O–H groups in total. The van der Waals surface area contributed by atoms with Gasteiger partial charge in [-0.3, -0.25) is 0 Å². The van der Waals surface area contributed by atoms with E-state index in [1.807, 2.05) is 6.92 Å². The average Bonchev–Trinajstić information content (AvgIpc) is 2.32. The molecular weight excluding hydrogens is 224 g/mol. The molecular formula is C13H19F2NO. The van der Waals surface area contributed by atoms with Crippen molar-refractivity contribution in [1.82, 2.24) is 5.32 Å². The van der Waals surface area contributed by atoms with Gasteiger partial charge in [-0.2, -0.15) is 0 Å². The molecule has 0 aliphatic rings. The van der Waals surface area contributed by atoms with E-state index in [4.69, 9.17) is 4.74 Å².